The molecule has 0 aliphatic rings. The van der Waals surface area contributed by atoms with Crippen LogP contribution in [0.3, 0.4) is 0 Å². The molecule has 1 aromatic heterocycles. The van der Waals surface area contributed by atoms with Crippen molar-refractivity contribution in [2.75, 3.05) is 0 Å². The lowest BCUT2D eigenvalue weighted by molar-refractivity contribution is 0.407. The van der Waals surface area contributed by atoms with E-state index in [0.717, 1.165) is 23.4 Å². The molecule has 0 bridgehead atoms. The van der Waals surface area contributed by atoms with Crippen molar-refractivity contribution in [2.24, 2.45) is 0 Å². The first-order valence-corrected chi connectivity index (χ1v) is 4.45. The summed E-state index contributed by atoms with van der Waals surface area (Å²) in [6, 6.07) is 0. The van der Waals surface area contributed by atoms with E-state index in [1.54, 1.807) is 6.08 Å². The molecule has 0 N–H and O–H groups in total. The van der Waals surface area contributed by atoms with Gasteiger partial charge in [-0.05, 0) is 26.3 Å². The van der Waals surface area contributed by atoms with E-state index in [-0.39, 0.29) is 0 Å². The Kier molecular flexibility index (Phi) is 3.07. The Balaban J connectivity index is 3.08. The lowest BCUT2D eigenvalue weighted by atomic mass is 10.1. The van der Waals surface area contributed by atoms with Crippen LogP contribution < -0.4 is 0 Å². The van der Waals surface area contributed by atoms with E-state index in [9.17, 15) is 0 Å². The Morgan fingerprint density at radius 1 is 1.62 bits per heavy atom. The quantitative estimate of drug-likeness (QED) is 0.706. The second-order valence-corrected chi connectivity index (χ2v) is 3.09. The van der Waals surface area contributed by atoms with Crippen LogP contribution in [0, 0.1) is 6.92 Å². The molecular weight excluding hydrogens is 162 g/mol. The molecule has 0 saturated heterocycles. The normalized spacial score (nSPS) is 11.8. The number of aryl methyl sites for hydroxylation is 1. The van der Waals surface area contributed by atoms with Gasteiger partial charge in [-0.2, -0.15) is 0 Å². The fraction of sp³-hybridized carbons (Fsp3) is 0.364. The van der Waals surface area contributed by atoms with Crippen molar-refractivity contribution in [3.8, 4) is 0 Å². The second-order valence-electron chi connectivity index (χ2n) is 3.09. The molecule has 0 unspecified atom stereocenters. The van der Waals surface area contributed by atoms with Gasteiger partial charge in [-0.15, -0.1) is 0 Å². The Morgan fingerprint density at radius 2 is 2.31 bits per heavy atom. The SMILES string of the molecule is C=Cc1c(C)noc1/C=C(/C)CC. The number of aromatic nitrogens is 1. The van der Waals surface area contributed by atoms with Crippen molar-refractivity contribution in [2.45, 2.75) is 27.2 Å². The van der Waals surface area contributed by atoms with E-state index in [1.807, 2.05) is 13.0 Å². The third kappa shape index (κ3) is 2.08. The highest BCUT2D eigenvalue weighted by molar-refractivity contribution is 5.62. The van der Waals surface area contributed by atoms with E-state index in [1.165, 1.54) is 5.57 Å². The molecule has 0 amide bonds. The predicted octanol–water partition coefficient (Wildman–Crippen LogP) is 3.44. The predicted molar refractivity (Wildman–Crippen MR) is 55.3 cm³/mol. The van der Waals surface area contributed by atoms with Crippen LogP contribution in [-0.2, 0) is 0 Å². The molecule has 0 aliphatic carbocycles. The first-order chi connectivity index (χ1) is 6.19. The van der Waals surface area contributed by atoms with Crippen LogP contribution in [0.25, 0.3) is 12.2 Å². The minimum atomic E-state index is 0.812. The average Bonchev–Trinajstić information content (AvgIpc) is 2.46. The molecule has 2 nitrogen and oxygen atoms in total. The maximum Gasteiger partial charge on any atom is 0.167 e. The standard InChI is InChI=1S/C11H15NO/c1-5-8(3)7-11-10(6-2)9(4)12-13-11/h6-7H,2,5H2,1,3-4H3/b8-7-. The zero-order chi connectivity index (χ0) is 9.84. The molecule has 0 aliphatic heterocycles. The van der Waals surface area contributed by atoms with Crippen LogP contribution in [0.2, 0.25) is 0 Å². The molecular formula is C11H15NO. The lowest BCUT2D eigenvalue weighted by Crippen LogP contribution is -1.77. The highest BCUT2D eigenvalue weighted by atomic mass is 16.5. The molecule has 0 aromatic carbocycles. The number of hydrogen-bond donors (Lipinski definition) is 0. The van der Waals surface area contributed by atoms with Gasteiger partial charge in [0.25, 0.3) is 0 Å². The van der Waals surface area contributed by atoms with Gasteiger partial charge in [0.1, 0.15) is 0 Å². The van der Waals surface area contributed by atoms with Crippen LogP contribution in [0.1, 0.15) is 37.3 Å². The smallest absolute Gasteiger partial charge is 0.167 e. The molecule has 13 heavy (non-hydrogen) atoms. The zero-order valence-corrected chi connectivity index (χ0v) is 8.42. The molecule has 1 heterocycles. The minimum Gasteiger partial charge on any atom is -0.356 e. The number of nitrogens with zero attached hydrogens (tertiary/aromatic N) is 1. The number of hydrogen-bond acceptors (Lipinski definition) is 2. The molecule has 1 aromatic rings. The van der Waals surface area contributed by atoms with Crippen molar-refractivity contribution < 1.29 is 4.52 Å². The fourth-order valence-electron chi connectivity index (χ4n) is 1.07. The minimum absolute atomic E-state index is 0.812. The fourth-order valence-corrected chi connectivity index (χ4v) is 1.07. The van der Waals surface area contributed by atoms with Gasteiger partial charge in [-0.3, -0.25) is 0 Å². The topological polar surface area (TPSA) is 26.0 Å². The Morgan fingerprint density at radius 3 is 2.85 bits per heavy atom. The summed E-state index contributed by atoms with van der Waals surface area (Å²) in [6.45, 7) is 9.83. The summed E-state index contributed by atoms with van der Waals surface area (Å²) in [6.07, 6.45) is 4.81. The summed E-state index contributed by atoms with van der Waals surface area (Å²) in [4.78, 5) is 0. The summed E-state index contributed by atoms with van der Waals surface area (Å²) in [5.74, 6) is 0.812. The van der Waals surface area contributed by atoms with Gasteiger partial charge < -0.3 is 4.52 Å². The Hall–Kier alpha value is -1.31. The summed E-state index contributed by atoms with van der Waals surface area (Å²) in [5.41, 5.74) is 3.16. The maximum atomic E-state index is 5.16. The van der Waals surface area contributed by atoms with E-state index < -0.39 is 0 Å². The summed E-state index contributed by atoms with van der Waals surface area (Å²) in [7, 11) is 0. The molecule has 0 saturated carbocycles. The third-order valence-electron chi connectivity index (χ3n) is 2.08. The van der Waals surface area contributed by atoms with Gasteiger partial charge >= 0.3 is 0 Å². The molecule has 1 rings (SSSR count). The monoisotopic (exact) mass is 177 g/mol. The lowest BCUT2D eigenvalue weighted by Gasteiger charge is -1.93. The largest absolute Gasteiger partial charge is 0.356 e. The molecule has 0 spiro atoms. The van der Waals surface area contributed by atoms with Gasteiger partial charge in [-0.25, -0.2) is 0 Å². The zero-order valence-electron chi connectivity index (χ0n) is 8.42. The van der Waals surface area contributed by atoms with Gasteiger partial charge in [-0.1, -0.05) is 30.3 Å². The van der Waals surface area contributed by atoms with E-state index >= 15 is 0 Å². The van der Waals surface area contributed by atoms with Crippen molar-refractivity contribution in [1.82, 2.24) is 5.16 Å². The van der Waals surface area contributed by atoms with Crippen molar-refractivity contribution in [3.63, 3.8) is 0 Å². The van der Waals surface area contributed by atoms with Crippen molar-refractivity contribution >= 4 is 12.2 Å². The molecule has 2 heteroatoms. The van der Waals surface area contributed by atoms with Gasteiger partial charge in [0.15, 0.2) is 5.76 Å². The van der Waals surface area contributed by atoms with Crippen LogP contribution in [-0.4, -0.2) is 5.16 Å². The van der Waals surface area contributed by atoms with E-state index in [4.69, 9.17) is 4.52 Å². The second kappa shape index (κ2) is 4.08. The van der Waals surface area contributed by atoms with Gasteiger partial charge in [0.05, 0.1) is 5.69 Å². The first kappa shape index (κ1) is 9.78. The third-order valence-corrected chi connectivity index (χ3v) is 2.08. The van der Waals surface area contributed by atoms with Crippen molar-refractivity contribution in [3.05, 3.63) is 29.2 Å². The van der Waals surface area contributed by atoms with E-state index in [2.05, 4.69) is 25.6 Å². The van der Waals surface area contributed by atoms with Crippen LogP contribution in [0.4, 0.5) is 0 Å². The molecule has 0 radical (unpaired) electrons. The summed E-state index contributed by atoms with van der Waals surface area (Å²) < 4.78 is 5.16. The molecule has 0 fully saturated rings. The molecule has 0 atom stereocenters. The Bertz CT molecular complexity index is 334. The van der Waals surface area contributed by atoms with Crippen LogP contribution in [0.15, 0.2) is 16.7 Å². The first-order valence-electron chi connectivity index (χ1n) is 4.45. The van der Waals surface area contributed by atoms with Gasteiger partial charge in [0, 0.05) is 5.56 Å². The van der Waals surface area contributed by atoms with Crippen LogP contribution in [0.5, 0.6) is 0 Å². The highest BCUT2D eigenvalue weighted by Gasteiger charge is 2.06. The Labute approximate surface area is 78.9 Å². The maximum absolute atomic E-state index is 5.16. The number of allylic oxidation sites excluding steroid dienone is 1. The molecule has 70 valence electrons. The summed E-state index contributed by atoms with van der Waals surface area (Å²) >= 11 is 0. The van der Waals surface area contributed by atoms with Crippen molar-refractivity contribution in [1.29, 1.82) is 0 Å². The summed E-state index contributed by atoms with van der Waals surface area (Å²) in [5, 5.41) is 3.88. The van der Waals surface area contributed by atoms with Gasteiger partial charge in [0.2, 0.25) is 0 Å². The van der Waals surface area contributed by atoms with E-state index in [0.29, 0.717) is 0 Å². The van der Waals surface area contributed by atoms with Crippen LogP contribution >= 0.6 is 0 Å². The average molecular weight is 177 g/mol. The highest BCUT2D eigenvalue weighted by Crippen LogP contribution is 2.18. The number of rotatable bonds is 3.